The quantitative estimate of drug-likeness (QED) is 0.781. The predicted molar refractivity (Wildman–Crippen MR) is 88.5 cm³/mol. The monoisotopic (exact) mass is 375 g/mol. The van der Waals surface area contributed by atoms with Gasteiger partial charge in [-0.15, -0.1) is 0 Å². The fourth-order valence-corrected chi connectivity index (χ4v) is 6.85. The maximum Gasteiger partial charge on any atom is 0.255 e. The first-order chi connectivity index (χ1) is 11.1. The zero-order valence-corrected chi connectivity index (χ0v) is 15.3. The second-order valence-electron chi connectivity index (χ2n) is 6.62. The van der Waals surface area contributed by atoms with Crippen molar-refractivity contribution in [3.8, 4) is 0 Å². The van der Waals surface area contributed by atoms with E-state index in [2.05, 4.69) is 10.4 Å². The normalized spacial score (nSPS) is 28.1. The van der Waals surface area contributed by atoms with Crippen LogP contribution in [0.5, 0.6) is 0 Å². The number of carbonyl (C=O) groups is 1. The Morgan fingerprint density at radius 3 is 2.25 bits per heavy atom. The Morgan fingerprint density at radius 2 is 1.71 bits per heavy atom. The van der Waals surface area contributed by atoms with Gasteiger partial charge in [-0.2, -0.15) is 5.10 Å². The molecule has 1 aromatic heterocycles. The first-order valence-electron chi connectivity index (χ1n) is 7.85. The number of hydrogen-bond acceptors (Lipinski definition) is 6. The first kappa shape index (κ1) is 17.4. The molecule has 0 aliphatic carbocycles. The molecule has 0 saturated carbocycles. The van der Waals surface area contributed by atoms with Gasteiger partial charge in [-0.25, -0.2) is 16.8 Å². The van der Waals surface area contributed by atoms with Crippen molar-refractivity contribution in [3.63, 3.8) is 0 Å². The number of carbonyl (C=O) groups excluding carboxylic acids is 1. The molecule has 10 heteroatoms. The highest BCUT2D eigenvalue weighted by Gasteiger charge is 2.34. The zero-order chi connectivity index (χ0) is 17.7. The second-order valence-corrected chi connectivity index (χ2v) is 11.1. The summed E-state index contributed by atoms with van der Waals surface area (Å²) in [6.07, 6.45) is 0.910. The van der Waals surface area contributed by atoms with Crippen LogP contribution < -0.4 is 5.32 Å². The number of amides is 1. The van der Waals surface area contributed by atoms with Crippen LogP contribution >= 0.6 is 0 Å². The number of sulfone groups is 2. The van der Waals surface area contributed by atoms with E-state index >= 15 is 0 Å². The van der Waals surface area contributed by atoms with Crippen LogP contribution in [0.25, 0.3) is 0 Å². The third kappa shape index (κ3) is 3.34. The number of nitrogens with one attached hydrogen (secondary N) is 1. The average Bonchev–Trinajstić information content (AvgIpc) is 3.06. The van der Waals surface area contributed by atoms with E-state index in [0.717, 1.165) is 0 Å². The van der Waals surface area contributed by atoms with E-state index < -0.39 is 19.7 Å². The molecular formula is C14H21N3O5S2. The highest BCUT2D eigenvalue weighted by Crippen LogP contribution is 2.27. The molecule has 3 heterocycles. The molecule has 1 aromatic rings. The van der Waals surface area contributed by atoms with Crippen LogP contribution in [0.2, 0.25) is 0 Å². The zero-order valence-electron chi connectivity index (χ0n) is 13.6. The summed E-state index contributed by atoms with van der Waals surface area (Å²) < 4.78 is 48.0. The molecule has 2 aliphatic rings. The fraction of sp³-hybridized carbons (Fsp3) is 0.714. The van der Waals surface area contributed by atoms with Gasteiger partial charge in [-0.3, -0.25) is 9.48 Å². The highest BCUT2D eigenvalue weighted by atomic mass is 32.2. The summed E-state index contributed by atoms with van der Waals surface area (Å²) in [5, 5.41) is 7.12. The van der Waals surface area contributed by atoms with Crippen LogP contribution in [0.1, 0.15) is 40.6 Å². The van der Waals surface area contributed by atoms with E-state index in [9.17, 15) is 21.6 Å². The van der Waals surface area contributed by atoms with Crippen LogP contribution in [-0.2, 0) is 19.7 Å². The molecule has 0 aromatic carbocycles. The summed E-state index contributed by atoms with van der Waals surface area (Å²) in [5.74, 6) is -0.116. The Morgan fingerprint density at radius 1 is 1.08 bits per heavy atom. The van der Waals surface area contributed by atoms with Gasteiger partial charge in [0, 0.05) is 11.7 Å². The third-order valence-corrected chi connectivity index (χ3v) is 8.19. The Kier molecular flexibility index (Phi) is 4.23. The molecule has 8 nitrogen and oxygen atoms in total. The van der Waals surface area contributed by atoms with Gasteiger partial charge in [0.25, 0.3) is 5.91 Å². The van der Waals surface area contributed by atoms with E-state index in [0.29, 0.717) is 29.8 Å². The van der Waals surface area contributed by atoms with E-state index in [1.54, 1.807) is 18.5 Å². The number of nitrogens with zero attached hydrogens (tertiary/aromatic N) is 2. The van der Waals surface area contributed by atoms with E-state index in [4.69, 9.17) is 0 Å². The van der Waals surface area contributed by atoms with Crippen molar-refractivity contribution in [2.24, 2.45) is 0 Å². The van der Waals surface area contributed by atoms with E-state index in [-0.39, 0.29) is 41.0 Å². The van der Waals surface area contributed by atoms with Crippen molar-refractivity contribution in [3.05, 3.63) is 17.0 Å². The summed E-state index contributed by atoms with van der Waals surface area (Å²) in [6.45, 7) is 3.44. The van der Waals surface area contributed by atoms with Gasteiger partial charge in [0.2, 0.25) is 0 Å². The van der Waals surface area contributed by atoms with Gasteiger partial charge < -0.3 is 5.32 Å². The van der Waals surface area contributed by atoms with Crippen molar-refractivity contribution in [1.82, 2.24) is 15.1 Å². The molecule has 1 amide bonds. The molecular weight excluding hydrogens is 354 g/mol. The van der Waals surface area contributed by atoms with Crippen LogP contribution in [0.15, 0.2) is 0 Å². The van der Waals surface area contributed by atoms with E-state index in [1.165, 1.54) is 0 Å². The van der Waals surface area contributed by atoms with Crippen molar-refractivity contribution >= 4 is 25.6 Å². The van der Waals surface area contributed by atoms with Crippen molar-refractivity contribution in [2.45, 2.75) is 38.8 Å². The fourth-order valence-electron chi connectivity index (χ4n) is 3.48. The van der Waals surface area contributed by atoms with Crippen LogP contribution in [-0.4, -0.2) is 61.6 Å². The van der Waals surface area contributed by atoms with Gasteiger partial charge in [-0.05, 0) is 26.7 Å². The molecule has 2 saturated heterocycles. The van der Waals surface area contributed by atoms with Crippen LogP contribution in [0, 0.1) is 13.8 Å². The molecule has 3 rings (SSSR count). The van der Waals surface area contributed by atoms with Gasteiger partial charge >= 0.3 is 0 Å². The topological polar surface area (TPSA) is 115 Å². The van der Waals surface area contributed by atoms with E-state index in [1.807, 2.05) is 0 Å². The van der Waals surface area contributed by atoms with Crippen molar-refractivity contribution < 1.29 is 21.6 Å². The summed E-state index contributed by atoms with van der Waals surface area (Å²) in [5.41, 5.74) is 1.55. The maximum atomic E-state index is 12.5. The Hall–Kier alpha value is -1.42. The van der Waals surface area contributed by atoms with Crippen LogP contribution in [0.3, 0.4) is 0 Å². The van der Waals surface area contributed by atoms with Gasteiger partial charge in [0.1, 0.15) is 0 Å². The first-order valence-corrected chi connectivity index (χ1v) is 11.5. The maximum absolute atomic E-state index is 12.5. The lowest BCUT2D eigenvalue weighted by Crippen LogP contribution is -2.36. The smallest absolute Gasteiger partial charge is 0.255 e. The second kappa shape index (κ2) is 5.83. The molecule has 1 N–H and O–H groups in total. The SMILES string of the molecule is Cc1nn([C@@H]2CCS(=O)(=O)C2)c(C)c1C(=O)N[C@@H]1CCS(=O)(=O)C1. The minimum absolute atomic E-state index is 0.0359. The standard InChI is InChI=1S/C14H21N3O5S2/c1-9-13(14(18)15-11-3-5-23(19,20)7-11)10(2)17(16-9)12-4-6-24(21,22)8-12/h11-12H,3-8H2,1-2H3,(H,15,18)/t11-,12-/m1/s1. The highest BCUT2D eigenvalue weighted by molar-refractivity contribution is 7.91. The summed E-state index contributed by atoms with van der Waals surface area (Å²) in [7, 11) is -6.11. The minimum atomic E-state index is -3.07. The molecule has 2 fully saturated rings. The Labute approximate surface area is 141 Å². The predicted octanol–water partition coefficient (Wildman–Crippen LogP) is -0.224. The van der Waals surface area contributed by atoms with Gasteiger partial charge in [-0.1, -0.05) is 0 Å². The minimum Gasteiger partial charge on any atom is -0.348 e. The molecule has 0 bridgehead atoms. The Bertz CT molecular complexity index is 886. The lowest BCUT2D eigenvalue weighted by Gasteiger charge is -2.13. The van der Waals surface area contributed by atoms with Crippen molar-refractivity contribution in [1.29, 1.82) is 0 Å². The molecule has 0 spiro atoms. The summed E-state index contributed by atoms with van der Waals surface area (Å²) in [4.78, 5) is 12.5. The molecule has 0 radical (unpaired) electrons. The lowest BCUT2D eigenvalue weighted by molar-refractivity contribution is 0.0939. The summed E-state index contributed by atoms with van der Waals surface area (Å²) >= 11 is 0. The molecule has 2 atom stereocenters. The van der Waals surface area contributed by atoms with Crippen LogP contribution in [0.4, 0.5) is 0 Å². The Balaban J connectivity index is 1.80. The number of aryl methyl sites for hydroxylation is 1. The number of aromatic nitrogens is 2. The summed E-state index contributed by atoms with van der Waals surface area (Å²) in [6, 6.07) is -0.626. The third-order valence-electron chi connectivity index (χ3n) is 4.67. The largest absolute Gasteiger partial charge is 0.348 e. The van der Waals surface area contributed by atoms with Gasteiger partial charge in [0.15, 0.2) is 19.7 Å². The van der Waals surface area contributed by atoms with Gasteiger partial charge in [0.05, 0.1) is 40.3 Å². The van der Waals surface area contributed by atoms with Crippen molar-refractivity contribution in [2.75, 3.05) is 23.0 Å². The lowest BCUT2D eigenvalue weighted by atomic mass is 10.1. The molecule has 24 heavy (non-hydrogen) atoms. The molecule has 0 unspecified atom stereocenters. The number of hydrogen-bond donors (Lipinski definition) is 1. The molecule has 2 aliphatic heterocycles. The molecule has 134 valence electrons. The number of rotatable bonds is 3. The average molecular weight is 375 g/mol.